The van der Waals surface area contributed by atoms with Crippen molar-refractivity contribution in [3.8, 4) is 5.75 Å². The van der Waals surface area contributed by atoms with Crippen LogP contribution in [0.25, 0.3) is 0 Å². The fourth-order valence-electron chi connectivity index (χ4n) is 6.56. The van der Waals surface area contributed by atoms with Crippen molar-refractivity contribution in [2.45, 2.75) is 29.0 Å². The molecule has 2 aliphatic carbocycles. The number of carbonyl (C=O) groups excluding carboxylic acids is 2. The Morgan fingerprint density at radius 3 is 2.47 bits per heavy atom. The van der Waals surface area contributed by atoms with Crippen molar-refractivity contribution in [2.24, 2.45) is 29.6 Å². The summed E-state index contributed by atoms with van der Waals surface area (Å²) in [7, 11) is 0. The molecule has 0 radical (unpaired) electrons. The van der Waals surface area contributed by atoms with Gasteiger partial charge in [0.25, 0.3) is 0 Å². The highest BCUT2D eigenvalue weighted by atomic mass is 32.2. The molecule has 1 aromatic heterocycles. The molecule has 3 heterocycles. The van der Waals surface area contributed by atoms with E-state index in [0.29, 0.717) is 0 Å². The van der Waals surface area contributed by atoms with Crippen LogP contribution >= 0.6 is 23.1 Å². The number of carboxylic acids is 1. The second-order valence-electron chi connectivity index (χ2n) is 9.02. The highest BCUT2D eigenvalue weighted by Gasteiger charge is 2.69. The zero-order valence-electron chi connectivity index (χ0n) is 16.8. The minimum Gasteiger partial charge on any atom is -0.508 e. The van der Waals surface area contributed by atoms with Gasteiger partial charge in [0, 0.05) is 22.6 Å². The van der Waals surface area contributed by atoms with Gasteiger partial charge < -0.3 is 15.2 Å². The Bertz CT molecular complexity index is 1200. The fraction of sp³-hybridized carbons (Fsp3) is 0.455. The number of rotatable bonds is 4. The lowest BCUT2D eigenvalue weighted by molar-refractivity contribution is -0.142. The minimum atomic E-state index is -1.03. The number of nitrogens with zero attached hydrogens (tertiary/aromatic N) is 1. The van der Waals surface area contributed by atoms with Crippen LogP contribution in [-0.4, -0.2) is 49.7 Å². The number of carbonyl (C=O) groups is 3. The number of thiazole rings is 1. The number of likely N-dealkylation sites (tertiary alicyclic amines) is 1. The van der Waals surface area contributed by atoms with E-state index in [2.05, 4.69) is 4.98 Å². The number of phenols is 1. The number of benzene rings is 1. The first kappa shape index (κ1) is 20.0. The Labute approximate surface area is 190 Å². The molecule has 32 heavy (non-hydrogen) atoms. The molecule has 166 valence electrons. The van der Waals surface area contributed by atoms with Crippen molar-refractivity contribution in [3.05, 3.63) is 44.4 Å². The predicted molar refractivity (Wildman–Crippen MR) is 116 cm³/mol. The zero-order valence-corrected chi connectivity index (χ0v) is 18.4. The number of aromatic amines is 1. The monoisotopic (exact) mass is 472 g/mol. The lowest BCUT2D eigenvalue weighted by Gasteiger charge is -2.43. The maximum atomic E-state index is 13.2. The first-order valence-corrected chi connectivity index (χ1v) is 12.3. The van der Waals surface area contributed by atoms with E-state index in [1.165, 1.54) is 11.3 Å². The van der Waals surface area contributed by atoms with Gasteiger partial charge in [-0.2, -0.15) is 0 Å². The Balaban J connectivity index is 1.41. The molecule has 2 aliphatic heterocycles. The van der Waals surface area contributed by atoms with Crippen molar-refractivity contribution < 1.29 is 24.6 Å². The molecule has 10 heteroatoms. The molecule has 0 spiro atoms. The van der Waals surface area contributed by atoms with E-state index in [4.69, 9.17) is 5.11 Å². The predicted octanol–water partition coefficient (Wildman–Crippen LogP) is 2.09. The second-order valence-corrected chi connectivity index (χ2v) is 11.2. The van der Waals surface area contributed by atoms with Gasteiger partial charge in [-0.3, -0.25) is 24.1 Å². The Hall–Kier alpha value is -2.59. The molecular formula is C22H20N2O6S2. The number of aliphatic carboxylic acids is 1. The van der Waals surface area contributed by atoms with E-state index in [9.17, 15) is 24.3 Å². The molecule has 6 rings (SSSR count). The molecule has 1 saturated heterocycles. The van der Waals surface area contributed by atoms with Crippen molar-refractivity contribution in [1.82, 2.24) is 9.88 Å². The average molecular weight is 473 g/mol. The van der Waals surface area contributed by atoms with Gasteiger partial charge in [-0.25, -0.2) is 0 Å². The number of amides is 2. The van der Waals surface area contributed by atoms with Gasteiger partial charge >= 0.3 is 10.8 Å². The van der Waals surface area contributed by atoms with E-state index in [1.807, 2.05) is 12.1 Å². The molecule has 7 unspecified atom stereocenters. The van der Waals surface area contributed by atoms with Gasteiger partial charge in [-0.15, -0.1) is 11.8 Å². The molecule has 2 saturated carbocycles. The molecule has 1 aromatic carbocycles. The van der Waals surface area contributed by atoms with Crippen LogP contribution in [0.2, 0.25) is 0 Å². The van der Waals surface area contributed by atoms with Crippen LogP contribution in [0, 0.1) is 29.6 Å². The van der Waals surface area contributed by atoms with E-state index >= 15 is 0 Å². The van der Waals surface area contributed by atoms with E-state index in [0.717, 1.165) is 26.8 Å². The SMILES string of the molecule is O=C(O)CCN1C(=O)C2C3CC(C2C1=O)C1C(c2ccc(O)cc2)c2sc(=O)[nH]c2SC31. The number of phenolic OH excluding ortho intramolecular Hbond substituents is 1. The molecule has 2 amide bonds. The van der Waals surface area contributed by atoms with Crippen LogP contribution < -0.4 is 4.87 Å². The van der Waals surface area contributed by atoms with Crippen LogP contribution in [0.1, 0.15) is 29.2 Å². The lowest BCUT2D eigenvalue weighted by atomic mass is 9.68. The summed E-state index contributed by atoms with van der Waals surface area (Å²) >= 11 is 2.80. The summed E-state index contributed by atoms with van der Waals surface area (Å²) in [6.07, 6.45) is 0.540. The maximum absolute atomic E-state index is 13.2. The number of imide groups is 1. The van der Waals surface area contributed by atoms with Crippen LogP contribution in [-0.2, 0) is 14.4 Å². The molecule has 2 aromatic rings. The van der Waals surface area contributed by atoms with E-state index < -0.39 is 17.8 Å². The van der Waals surface area contributed by atoms with Crippen molar-refractivity contribution in [1.29, 1.82) is 0 Å². The van der Waals surface area contributed by atoms with E-state index in [-0.39, 0.29) is 64.3 Å². The third kappa shape index (κ3) is 2.68. The highest BCUT2D eigenvalue weighted by Crippen LogP contribution is 2.68. The van der Waals surface area contributed by atoms with Crippen molar-refractivity contribution in [2.75, 3.05) is 6.54 Å². The largest absolute Gasteiger partial charge is 0.508 e. The smallest absolute Gasteiger partial charge is 0.305 e. The Morgan fingerprint density at radius 1 is 1.09 bits per heavy atom. The maximum Gasteiger partial charge on any atom is 0.305 e. The molecule has 2 bridgehead atoms. The first-order valence-electron chi connectivity index (χ1n) is 10.6. The first-order chi connectivity index (χ1) is 15.3. The zero-order chi connectivity index (χ0) is 22.3. The number of aromatic hydroxyl groups is 1. The highest BCUT2D eigenvalue weighted by molar-refractivity contribution is 8.00. The fourth-order valence-corrected chi connectivity index (χ4v) is 9.45. The molecule has 3 N–H and O–H groups in total. The van der Waals surface area contributed by atoms with Crippen molar-refractivity contribution >= 4 is 40.9 Å². The Morgan fingerprint density at radius 2 is 1.78 bits per heavy atom. The van der Waals surface area contributed by atoms with Gasteiger partial charge in [0.1, 0.15) is 5.75 Å². The summed E-state index contributed by atoms with van der Waals surface area (Å²) in [6.45, 7) is -0.0794. The van der Waals surface area contributed by atoms with E-state index in [1.54, 1.807) is 23.9 Å². The lowest BCUT2D eigenvalue weighted by Crippen LogP contribution is -2.42. The average Bonchev–Trinajstić information content (AvgIpc) is 3.47. The molecular weight excluding hydrogens is 452 g/mol. The third-order valence-corrected chi connectivity index (χ3v) is 10.2. The minimum absolute atomic E-state index is 0.00191. The second kappa shape index (κ2) is 6.95. The number of H-pyrrole nitrogens is 1. The summed E-state index contributed by atoms with van der Waals surface area (Å²) in [4.78, 5) is 54.5. The number of fused-ring (bicyclic) bond motifs is 9. The van der Waals surface area contributed by atoms with Crippen LogP contribution in [0.5, 0.6) is 5.75 Å². The summed E-state index contributed by atoms with van der Waals surface area (Å²) in [5.41, 5.74) is 0.984. The third-order valence-electron chi connectivity index (χ3n) is 7.62. The van der Waals surface area contributed by atoms with Gasteiger partial charge in [0.15, 0.2) is 0 Å². The normalized spacial score (nSPS) is 34.5. The number of hydrogen-bond acceptors (Lipinski definition) is 7. The molecule has 7 atom stereocenters. The van der Waals surface area contributed by atoms with Gasteiger partial charge in [-0.05, 0) is 41.9 Å². The standard InChI is InChI=1S/C22H20N2O6S2/c25-9-3-1-8(2-4-9)13-14-10-7-11(17(14)31-19-18(13)32-22(30)23-19)16-15(10)20(28)24(21(16)29)6-5-12(26)27/h1-4,10-11,13-17,25H,5-7H2,(H,23,30)(H,26,27). The Kier molecular flexibility index (Phi) is 4.36. The van der Waals surface area contributed by atoms with Gasteiger partial charge in [0.05, 0.1) is 23.3 Å². The number of hydrogen-bond donors (Lipinski definition) is 3. The summed E-state index contributed by atoms with van der Waals surface area (Å²) in [5.74, 6) is -2.15. The van der Waals surface area contributed by atoms with Crippen LogP contribution in [0.15, 0.2) is 34.1 Å². The molecule has 3 fully saturated rings. The van der Waals surface area contributed by atoms with Gasteiger partial charge in [0.2, 0.25) is 11.8 Å². The van der Waals surface area contributed by atoms with Crippen LogP contribution in [0.4, 0.5) is 0 Å². The summed E-state index contributed by atoms with van der Waals surface area (Å²) in [6, 6.07) is 7.00. The molecule has 4 aliphatic rings. The summed E-state index contributed by atoms with van der Waals surface area (Å²) < 4.78 is 0. The number of nitrogens with one attached hydrogen (secondary N) is 1. The van der Waals surface area contributed by atoms with Crippen molar-refractivity contribution in [3.63, 3.8) is 0 Å². The van der Waals surface area contributed by atoms with Gasteiger partial charge in [-0.1, -0.05) is 23.5 Å². The number of thioether (sulfide) groups is 1. The molecule has 8 nitrogen and oxygen atoms in total. The number of carboxylic acid groups (broad SMARTS) is 1. The number of aromatic nitrogens is 1. The summed E-state index contributed by atoms with van der Waals surface area (Å²) in [5, 5.41) is 19.7. The topological polar surface area (TPSA) is 128 Å². The quantitative estimate of drug-likeness (QED) is 0.582. The van der Waals surface area contributed by atoms with Crippen LogP contribution in [0.3, 0.4) is 0 Å².